The minimum atomic E-state index is -3.33. The first-order valence-electron chi connectivity index (χ1n) is 7.14. The number of rotatable bonds is 8. The molecule has 1 atom stereocenters. The number of anilines is 2. The van der Waals surface area contributed by atoms with E-state index in [4.69, 9.17) is 0 Å². The van der Waals surface area contributed by atoms with Crippen molar-refractivity contribution in [2.75, 3.05) is 22.8 Å². The number of thioether (sulfide) groups is 1. The topological polar surface area (TPSA) is 101 Å². The molecule has 0 saturated heterocycles. The highest BCUT2D eigenvalue weighted by molar-refractivity contribution is 8.02. The average Bonchev–Trinajstić information content (AvgIpc) is 2.93. The van der Waals surface area contributed by atoms with Crippen LogP contribution in [-0.4, -0.2) is 42.4 Å². The summed E-state index contributed by atoms with van der Waals surface area (Å²) in [6.45, 7) is 4.55. The van der Waals surface area contributed by atoms with Crippen molar-refractivity contribution in [2.45, 2.75) is 23.4 Å². The number of nitrogens with one attached hydrogen (secondary N) is 2. The second-order valence-electron chi connectivity index (χ2n) is 4.98. The molecule has 0 saturated carbocycles. The molecule has 1 heterocycles. The number of carbonyl (C=O) groups is 1. The third-order valence-electron chi connectivity index (χ3n) is 2.85. The first kappa shape index (κ1) is 18.7. The second kappa shape index (κ2) is 7.95. The highest BCUT2D eigenvalue weighted by atomic mass is 32.2. The Balaban J connectivity index is 2.01. The number of aromatic nitrogens is 2. The van der Waals surface area contributed by atoms with Gasteiger partial charge in [-0.2, -0.15) is 0 Å². The number of hydrogen-bond acceptors (Lipinski definition) is 8. The average molecular weight is 387 g/mol. The highest BCUT2D eigenvalue weighted by Gasteiger charge is 2.19. The molecule has 0 amide bonds. The van der Waals surface area contributed by atoms with Crippen molar-refractivity contribution in [1.82, 2.24) is 10.2 Å². The molecule has 0 aliphatic heterocycles. The fourth-order valence-corrected chi connectivity index (χ4v) is 4.44. The molecular formula is C14H18N4O3S3. The van der Waals surface area contributed by atoms with Crippen LogP contribution >= 0.6 is 23.1 Å². The fourth-order valence-electron chi connectivity index (χ4n) is 1.84. The third-order valence-corrected chi connectivity index (χ3v) is 5.53. The summed E-state index contributed by atoms with van der Waals surface area (Å²) in [5.74, 6) is -0.0499. The summed E-state index contributed by atoms with van der Waals surface area (Å²) >= 11 is 2.76. The number of Topliss-reactive ketones (excluding diaryl/α,β-unsaturated/α-hetero) is 1. The van der Waals surface area contributed by atoms with E-state index in [1.165, 1.54) is 23.1 Å². The Kier molecular flexibility index (Phi) is 6.19. The van der Waals surface area contributed by atoms with Gasteiger partial charge in [-0.05, 0) is 38.1 Å². The molecule has 10 heteroatoms. The molecule has 0 aliphatic carbocycles. The molecule has 2 N–H and O–H groups in total. The van der Waals surface area contributed by atoms with Crippen molar-refractivity contribution in [3.05, 3.63) is 29.8 Å². The van der Waals surface area contributed by atoms with Gasteiger partial charge in [0.2, 0.25) is 15.2 Å². The summed E-state index contributed by atoms with van der Waals surface area (Å²) < 4.78 is 25.4. The Bertz CT molecular complexity index is 803. The Morgan fingerprint density at radius 3 is 2.54 bits per heavy atom. The Morgan fingerprint density at radius 1 is 1.29 bits per heavy atom. The molecule has 24 heavy (non-hydrogen) atoms. The first-order chi connectivity index (χ1) is 11.3. The summed E-state index contributed by atoms with van der Waals surface area (Å²) in [5, 5.41) is 11.5. The largest absolute Gasteiger partial charge is 0.360 e. The summed E-state index contributed by atoms with van der Waals surface area (Å²) in [6.07, 6.45) is 1.08. The standard InChI is InChI=1S/C14H18N4O3S3/c1-4-15-13-16-17-14(23-13)22-9(2)12(19)10-5-7-11(8-6-10)18-24(3,20)21/h5-9,18H,4H2,1-3H3,(H,15,16)/t9-/m0/s1. The number of carbonyl (C=O) groups excluding carboxylic acids is 1. The zero-order chi connectivity index (χ0) is 17.7. The van der Waals surface area contributed by atoms with Crippen LogP contribution in [0.5, 0.6) is 0 Å². The van der Waals surface area contributed by atoms with Crippen molar-refractivity contribution in [3.63, 3.8) is 0 Å². The van der Waals surface area contributed by atoms with Gasteiger partial charge in [0.05, 0.1) is 11.5 Å². The van der Waals surface area contributed by atoms with Crippen LogP contribution in [0.2, 0.25) is 0 Å². The molecule has 0 radical (unpaired) electrons. The van der Waals surface area contributed by atoms with Crippen molar-refractivity contribution in [3.8, 4) is 0 Å². The number of benzene rings is 1. The minimum Gasteiger partial charge on any atom is -0.360 e. The van der Waals surface area contributed by atoms with E-state index in [0.717, 1.165) is 22.3 Å². The van der Waals surface area contributed by atoms with Crippen molar-refractivity contribution >= 4 is 49.7 Å². The summed E-state index contributed by atoms with van der Waals surface area (Å²) in [5.41, 5.74) is 0.944. The maximum absolute atomic E-state index is 12.5. The lowest BCUT2D eigenvalue weighted by molar-refractivity contribution is 0.0994. The zero-order valence-electron chi connectivity index (χ0n) is 13.4. The van der Waals surface area contributed by atoms with Gasteiger partial charge in [-0.1, -0.05) is 23.1 Å². The van der Waals surface area contributed by atoms with Gasteiger partial charge < -0.3 is 5.32 Å². The molecule has 1 aromatic carbocycles. The van der Waals surface area contributed by atoms with Gasteiger partial charge in [-0.3, -0.25) is 9.52 Å². The molecular weight excluding hydrogens is 368 g/mol. The molecule has 0 spiro atoms. The van der Waals surface area contributed by atoms with Crippen LogP contribution in [0, 0.1) is 0 Å². The van der Waals surface area contributed by atoms with E-state index in [-0.39, 0.29) is 11.0 Å². The lowest BCUT2D eigenvalue weighted by Gasteiger charge is -2.09. The van der Waals surface area contributed by atoms with Crippen LogP contribution in [0.25, 0.3) is 0 Å². The van der Waals surface area contributed by atoms with E-state index in [0.29, 0.717) is 11.3 Å². The maximum Gasteiger partial charge on any atom is 0.229 e. The quantitative estimate of drug-likeness (QED) is 0.531. The van der Waals surface area contributed by atoms with E-state index >= 15 is 0 Å². The van der Waals surface area contributed by atoms with Crippen molar-refractivity contribution in [1.29, 1.82) is 0 Å². The molecule has 1 aromatic heterocycles. The molecule has 7 nitrogen and oxygen atoms in total. The van der Waals surface area contributed by atoms with Gasteiger partial charge in [0.1, 0.15) is 0 Å². The summed E-state index contributed by atoms with van der Waals surface area (Å²) in [7, 11) is -3.33. The smallest absolute Gasteiger partial charge is 0.229 e. The van der Waals surface area contributed by atoms with E-state index < -0.39 is 10.0 Å². The fraction of sp³-hybridized carbons (Fsp3) is 0.357. The summed E-state index contributed by atoms with van der Waals surface area (Å²) in [6, 6.07) is 6.36. The van der Waals surface area contributed by atoms with Crippen molar-refractivity contribution in [2.24, 2.45) is 0 Å². The molecule has 0 bridgehead atoms. The van der Waals surface area contributed by atoms with Crippen LogP contribution in [0.4, 0.5) is 10.8 Å². The van der Waals surface area contributed by atoms with Gasteiger partial charge in [-0.15, -0.1) is 10.2 Å². The molecule has 0 aliphatic rings. The SMILES string of the molecule is CCNc1nnc(S[C@@H](C)C(=O)c2ccc(NS(C)(=O)=O)cc2)s1. The van der Waals surface area contributed by atoms with Gasteiger partial charge in [0.15, 0.2) is 10.1 Å². The minimum absolute atomic E-state index is 0.0499. The Morgan fingerprint density at radius 2 is 1.96 bits per heavy atom. The molecule has 2 aromatic rings. The molecule has 0 fully saturated rings. The monoisotopic (exact) mass is 386 g/mol. The third kappa shape index (κ3) is 5.46. The van der Waals surface area contributed by atoms with Crippen LogP contribution in [0.15, 0.2) is 28.6 Å². The number of nitrogens with zero attached hydrogens (tertiary/aromatic N) is 2. The van der Waals surface area contributed by atoms with Crippen LogP contribution < -0.4 is 10.0 Å². The second-order valence-corrected chi connectivity index (χ2v) is 9.29. The van der Waals surface area contributed by atoms with E-state index in [1.807, 2.05) is 13.8 Å². The summed E-state index contributed by atoms with van der Waals surface area (Å²) in [4.78, 5) is 12.5. The Hall–Kier alpha value is -1.65. The van der Waals surface area contributed by atoms with E-state index in [1.54, 1.807) is 24.3 Å². The molecule has 2 rings (SSSR count). The molecule has 130 valence electrons. The van der Waals surface area contributed by atoms with E-state index in [9.17, 15) is 13.2 Å². The maximum atomic E-state index is 12.5. The van der Waals surface area contributed by atoms with Gasteiger partial charge in [0, 0.05) is 17.8 Å². The van der Waals surface area contributed by atoms with Crippen LogP contribution in [0.3, 0.4) is 0 Å². The predicted molar refractivity (Wildman–Crippen MR) is 98.6 cm³/mol. The van der Waals surface area contributed by atoms with Crippen LogP contribution in [-0.2, 0) is 10.0 Å². The van der Waals surface area contributed by atoms with Crippen LogP contribution in [0.1, 0.15) is 24.2 Å². The van der Waals surface area contributed by atoms with E-state index in [2.05, 4.69) is 20.2 Å². The first-order valence-corrected chi connectivity index (χ1v) is 10.7. The molecule has 0 unspecified atom stereocenters. The van der Waals surface area contributed by atoms with Gasteiger partial charge in [-0.25, -0.2) is 8.42 Å². The Labute approximate surface area is 149 Å². The number of hydrogen-bond donors (Lipinski definition) is 2. The van der Waals surface area contributed by atoms with Gasteiger partial charge >= 0.3 is 0 Å². The predicted octanol–water partition coefficient (Wildman–Crippen LogP) is 2.70. The number of ketones is 1. The lowest BCUT2D eigenvalue weighted by atomic mass is 10.1. The normalized spacial score (nSPS) is 12.6. The highest BCUT2D eigenvalue weighted by Crippen LogP contribution is 2.30. The number of sulfonamides is 1. The lowest BCUT2D eigenvalue weighted by Crippen LogP contribution is -2.14. The zero-order valence-corrected chi connectivity index (χ0v) is 15.9. The van der Waals surface area contributed by atoms with Gasteiger partial charge in [0.25, 0.3) is 0 Å². The van der Waals surface area contributed by atoms with Crippen molar-refractivity contribution < 1.29 is 13.2 Å².